The summed E-state index contributed by atoms with van der Waals surface area (Å²) in [5.74, 6) is -0.538. The first kappa shape index (κ1) is 9.16. The lowest BCUT2D eigenvalue weighted by Gasteiger charge is -1.95. The standard InChI is InChI=1S/C8H8ClFN2/c9-7-4-6(2-1-3-11)8(10)12-5-7/h1-2,4-5H,3,11H2/b2-1+. The number of rotatable bonds is 2. The third-order valence-electron chi connectivity index (χ3n) is 1.27. The number of halogens is 2. The molecule has 0 saturated carbocycles. The van der Waals surface area contributed by atoms with E-state index in [-0.39, 0.29) is 0 Å². The van der Waals surface area contributed by atoms with E-state index in [0.717, 1.165) is 0 Å². The maximum atomic E-state index is 12.8. The molecule has 0 atom stereocenters. The first-order valence-electron chi connectivity index (χ1n) is 3.41. The summed E-state index contributed by atoms with van der Waals surface area (Å²) in [5.41, 5.74) is 5.56. The molecule has 0 saturated heterocycles. The van der Waals surface area contributed by atoms with Crippen LogP contribution in [0, 0.1) is 5.95 Å². The van der Waals surface area contributed by atoms with Crippen molar-refractivity contribution in [1.29, 1.82) is 0 Å². The first-order chi connectivity index (χ1) is 5.74. The Morgan fingerprint density at radius 2 is 2.42 bits per heavy atom. The summed E-state index contributed by atoms with van der Waals surface area (Å²) in [7, 11) is 0. The normalized spacial score (nSPS) is 10.9. The third-order valence-corrected chi connectivity index (χ3v) is 1.47. The van der Waals surface area contributed by atoms with E-state index < -0.39 is 5.95 Å². The topological polar surface area (TPSA) is 38.9 Å². The van der Waals surface area contributed by atoms with Gasteiger partial charge in [0, 0.05) is 18.3 Å². The molecule has 64 valence electrons. The van der Waals surface area contributed by atoms with Crippen molar-refractivity contribution in [3.8, 4) is 0 Å². The highest BCUT2D eigenvalue weighted by atomic mass is 35.5. The van der Waals surface area contributed by atoms with Gasteiger partial charge in [0.15, 0.2) is 0 Å². The lowest BCUT2D eigenvalue weighted by atomic mass is 10.2. The van der Waals surface area contributed by atoms with E-state index in [9.17, 15) is 4.39 Å². The number of nitrogens with zero attached hydrogens (tertiary/aromatic N) is 1. The third kappa shape index (κ3) is 2.29. The van der Waals surface area contributed by atoms with Crippen LogP contribution >= 0.6 is 11.6 Å². The van der Waals surface area contributed by atoms with Gasteiger partial charge in [0.2, 0.25) is 5.95 Å². The zero-order chi connectivity index (χ0) is 8.97. The van der Waals surface area contributed by atoms with Crippen LogP contribution in [0.2, 0.25) is 5.02 Å². The van der Waals surface area contributed by atoms with Crippen molar-refractivity contribution in [3.63, 3.8) is 0 Å². The molecule has 0 aromatic carbocycles. The maximum Gasteiger partial charge on any atom is 0.220 e. The van der Waals surface area contributed by atoms with Crippen molar-refractivity contribution in [2.45, 2.75) is 0 Å². The SMILES string of the molecule is NC/C=C/c1cc(Cl)cnc1F. The highest BCUT2D eigenvalue weighted by Gasteiger charge is 1.99. The summed E-state index contributed by atoms with van der Waals surface area (Å²) >= 11 is 5.60. The monoisotopic (exact) mass is 186 g/mol. The molecule has 0 bridgehead atoms. The van der Waals surface area contributed by atoms with Gasteiger partial charge in [-0.2, -0.15) is 4.39 Å². The van der Waals surface area contributed by atoms with E-state index in [0.29, 0.717) is 17.1 Å². The van der Waals surface area contributed by atoms with E-state index in [1.54, 1.807) is 12.2 Å². The zero-order valence-electron chi connectivity index (χ0n) is 6.30. The van der Waals surface area contributed by atoms with Crippen molar-refractivity contribution in [3.05, 3.63) is 34.9 Å². The molecule has 0 amide bonds. The molecule has 0 aliphatic rings. The van der Waals surface area contributed by atoms with Gasteiger partial charge in [-0.15, -0.1) is 0 Å². The fourth-order valence-electron chi connectivity index (χ4n) is 0.750. The predicted octanol–water partition coefficient (Wildman–Crippen LogP) is 1.85. The number of aromatic nitrogens is 1. The van der Waals surface area contributed by atoms with Gasteiger partial charge < -0.3 is 5.73 Å². The molecule has 1 aromatic rings. The highest BCUT2D eigenvalue weighted by molar-refractivity contribution is 6.30. The minimum atomic E-state index is -0.538. The van der Waals surface area contributed by atoms with Crippen LogP contribution in [0.3, 0.4) is 0 Å². The second-order valence-corrected chi connectivity index (χ2v) is 2.61. The summed E-state index contributed by atoms with van der Waals surface area (Å²) in [6.45, 7) is 0.367. The molecule has 1 heterocycles. The minimum absolute atomic E-state index is 0.355. The Labute approximate surface area is 74.9 Å². The van der Waals surface area contributed by atoms with Crippen LogP contribution in [-0.4, -0.2) is 11.5 Å². The van der Waals surface area contributed by atoms with Crippen LogP contribution in [0.25, 0.3) is 6.08 Å². The largest absolute Gasteiger partial charge is 0.327 e. The van der Waals surface area contributed by atoms with E-state index in [4.69, 9.17) is 17.3 Å². The Balaban J connectivity index is 2.97. The van der Waals surface area contributed by atoms with E-state index >= 15 is 0 Å². The highest BCUT2D eigenvalue weighted by Crippen LogP contribution is 2.13. The van der Waals surface area contributed by atoms with Crippen LogP contribution in [0.1, 0.15) is 5.56 Å². The van der Waals surface area contributed by atoms with E-state index in [1.807, 2.05) is 0 Å². The molecule has 2 nitrogen and oxygen atoms in total. The number of hydrogen-bond acceptors (Lipinski definition) is 2. The molecular weight excluding hydrogens is 179 g/mol. The van der Waals surface area contributed by atoms with Crippen molar-refractivity contribution in [2.24, 2.45) is 5.73 Å². The van der Waals surface area contributed by atoms with Gasteiger partial charge in [0.05, 0.1) is 5.02 Å². The Bertz CT molecular complexity index is 299. The van der Waals surface area contributed by atoms with Crippen LogP contribution in [-0.2, 0) is 0 Å². The Morgan fingerprint density at radius 3 is 3.08 bits per heavy atom. The minimum Gasteiger partial charge on any atom is -0.327 e. The van der Waals surface area contributed by atoms with Crippen LogP contribution in [0.5, 0.6) is 0 Å². The molecule has 12 heavy (non-hydrogen) atoms. The van der Waals surface area contributed by atoms with Gasteiger partial charge >= 0.3 is 0 Å². The molecule has 2 N–H and O–H groups in total. The van der Waals surface area contributed by atoms with Gasteiger partial charge in [-0.05, 0) is 6.07 Å². The van der Waals surface area contributed by atoms with Gasteiger partial charge in [0.25, 0.3) is 0 Å². The molecular formula is C8H8ClFN2. The molecule has 0 unspecified atom stereocenters. The predicted molar refractivity (Wildman–Crippen MR) is 47.3 cm³/mol. The lowest BCUT2D eigenvalue weighted by Crippen LogP contribution is -1.93. The molecule has 0 radical (unpaired) electrons. The Morgan fingerprint density at radius 1 is 1.67 bits per heavy atom. The van der Waals surface area contributed by atoms with Crippen LogP contribution in [0.4, 0.5) is 4.39 Å². The van der Waals surface area contributed by atoms with E-state index in [2.05, 4.69) is 4.98 Å². The summed E-state index contributed by atoms with van der Waals surface area (Å²) in [6, 6.07) is 1.50. The quantitative estimate of drug-likeness (QED) is 0.716. The van der Waals surface area contributed by atoms with Gasteiger partial charge in [-0.25, -0.2) is 4.98 Å². The Kier molecular flexibility index (Phi) is 3.19. The second-order valence-electron chi connectivity index (χ2n) is 2.17. The summed E-state index contributed by atoms with van der Waals surface area (Å²) in [4.78, 5) is 3.44. The molecule has 0 aliphatic heterocycles. The van der Waals surface area contributed by atoms with Gasteiger partial charge in [-0.1, -0.05) is 23.8 Å². The summed E-state index contributed by atoms with van der Waals surface area (Å²) in [6.07, 6.45) is 4.45. The van der Waals surface area contributed by atoms with Crippen molar-refractivity contribution >= 4 is 17.7 Å². The molecule has 0 fully saturated rings. The molecule has 1 aromatic heterocycles. The second kappa shape index (κ2) is 4.18. The Hall–Kier alpha value is -0.930. The zero-order valence-corrected chi connectivity index (χ0v) is 7.05. The fraction of sp³-hybridized carbons (Fsp3) is 0.125. The first-order valence-corrected chi connectivity index (χ1v) is 3.79. The maximum absolute atomic E-state index is 12.8. The van der Waals surface area contributed by atoms with Crippen LogP contribution in [0.15, 0.2) is 18.3 Å². The average molecular weight is 187 g/mol. The fourth-order valence-corrected chi connectivity index (χ4v) is 0.916. The summed E-state index contributed by atoms with van der Waals surface area (Å²) < 4.78 is 12.8. The average Bonchev–Trinajstić information content (AvgIpc) is 2.07. The number of nitrogens with two attached hydrogens (primary N) is 1. The van der Waals surface area contributed by atoms with Crippen LogP contribution < -0.4 is 5.73 Å². The molecule has 0 spiro atoms. The van der Waals surface area contributed by atoms with Crippen molar-refractivity contribution in [1.82, 2.24) is 4.98 Å². The lowest BCUT2D eigenvalue weighted by molar-refractivity contribution is 0.581. The molecule has 4 heteroatoms. The smallest absolute Gasteiger partial charge is 0.220 e. The van der Waals surface area contributed by atoms with Crippen molar-refractivity contribution in [2.75, 3.05) is 6.54 Å². The number of pyridine rings is 1. The number of hydrogen-bond donors (Lipinski definition) is 1. The van der Waals surface area contributed by atoms with Gasteiger partial charge in [0.1, 0.15) is 0 Å². The molecule has 1 rings (SSSR count). The summed E-state index contributed by atoms with van der Waals surface area (Å²) in [5, 5.41) is 0.410. The van der Waals surface area contributed by atoms with Gasteiger partial charge in [-0.3, -0.25) is 0 Å². The van der Waals surface area contributed by atoms with Crippen molar-refractivity contribution < 1.29 is 4.39 Å². The van der Waals surface area contributed by atoms with E-state index in [1.165, 1.54) is 12.3 Å². The molecule has 0 aliphatic carbocycles.